The molecule has 1 aromatic heterocycles. The Morgan fingerprint density at radius 2 is 1.72 bits per heavy atom. The summed E-state index contributed by atoms with van der Waals surface area (Å²) in [5, 5.41) is 21.1. The van der Waals surface area contributed by atoms with E-state index in [1.807, 2.05) is 54.6 Å². The van der Waals surface area contributed by atoms with Crippen LogP contribution in [0.5, 0.6) is 17.2 Å². The van der Waals surface area contributed by atoms with Gasteiger partial charge in [0.15, 0.2) is 15.8 Å². The third kappa shape index (κ3) is 6.42. The molecule has 1 saturated heterocycles. The van der Waals surface area contributed by atoms with Crippen LogP contribution in [0, 0.1) is 0 Å². The molecule has 9 nitrogen and oxygen atoms in total. The molecule has 236 valence electrons. The van der Waals surface area contributed by atoms with Gasteiger partial charge < -0.3 is 19.3 Å². The predicted octanol–water partition coefficient (Wildman–Crippen LogP) is 7.46. The van der Waals surface area contributed by atoms with Gasteiger partial charge in [0.25, 0.3) is 5.78 Å². The van der Waals surface area contributed by atoms with Crippen LogP contribution in [0.3, 0.4) is 0 Å². The molecule has 4 aromatic carbocycles. The van der Waals surface area contributed by atoms with Crippen molar-refractivity contribution in [1.82, 2.24) is 10.2 Å². The monoisotopic (exact) mass is 683 g/mol. The Hall–Kier alpha value is -4.84. The van der Waals surface area contributed by atoms with Crippen molar-refractivity contribution in [3.63, 3.8) is 0 Å². The van der Waals surface area contributed by atoms with Crippen molar-refractivity contribution in [3.8, 4) is 17.2 Å². The molecular weight excluding hydrogens is 658 g/mol. The summed E-state index contributed by atoms with van der Waals surface area (Å²) >= 11 is 8.94. The number of ether oxygens (including phenoxy) is 3. The van der Waals surface area contributed by atoms with Gasteiger partial charge in [0.1, 0.15) is 31.3 Å². The van der Waals surface area contributed by atoms with E-state index in [0.29, 0.717) is 63.3 Å². The zero-order valence-electron chi connectivity index (χ0n) is 24.7. The van der Waals surface area contributed by atoms with Gasteiger partial charge in [-0.25, -0.2) is 0 Å². The van der Waals surface area contributed by atoms with E-state index in [2.05, 4.69) is 10.2 Å². The van der Waals surface area contributed by atoms with Crippen molar-refractivity contribution in [3.05, 3.63) is 130 Å². The zero-order valence-corrected chi connectivity index (χ0v) is 27.1. The molecule has 0 spiro atoms. The smallest absolute Gasteiger partial charge is 0.301 e. The molecule has 47 heavy (non-hydrogen) atoms. The molecule has 1 fully saturated rings. The van der Waals surface area contributed by atoms with E-state index in [9.17, 15) is 14.7 Å². The molecule has 2 aliphatic heterocycles. The molecule has 1 N–H and O–H groups in total. The van der Waals surface area contributed by atoms with Gasteiger partial charge in [0.05, 0.1) is 11.6 Å². The summed E-state index contributed by atoms with van der Waals surface area (Å²) in [4.78, 5) is 28.8. The Morgan fingerprint density at radius 3 is 2.55 bits per heavy atom. The van der Waals surface area contributed by atoms with E-state index < -0.39 is 17.7 Å². The number of Topliss-reactive ketones (excluding diaryl/α,β-unsaturated/α-hetero) is 1. The number of halogens is 1. The van der Waals surface area contributed by atoms with Crippen LogP contribution >= 0.6 is 34.7 Å². The largest absolute Gasteiger partial charge is 0.507 e. The van der Waals surface area contributed by atoms with Crippen LogP contribution in [0.4, 0.5) is 5.13 Å². The second-order valence-electron chi connectivity index (χ2n) is 10.6. The number of thioether (sulfide) groups is 1. The normalized spacial score (nSPS) is 16.8. The number of hydrogen-bond donors (Lipinski definition) is 1. The van der Waals surface area contributed by atoms with Gasteiger partial charge in [-0.15, -0.1) is 10.2 Å². The first-order valence-corrected chi connectivity index (χ1v) is 16.8. The Labute approximate surface area is 283 Å². The first kappa shape index (κ1) is 30.8. The van der Waals surface area contributed by atoms with Crippen LogP contribution in [0.25, 0.3) is 5.76 Å². The summed E-state index contributed by atoms with van der Waals surface area (Å²) in [7, 11) is 0. The summed E-state index contributed by atoms with van der Waals surface area (Å²) in [6, 6.07) is 28.3. The molecular formula is C35H26ClN3O6S2. The summed E-state index contributed by atoms with van der Waals surface area (Å²) in [5.41, 5.74) is 2.69. The number of ketones is 1. The van der Waals surface area contributed by atoms with Gasteiger partial charge in [-0.05, 0) is 53.1 Å². The van der Waals surface area contributed by atoms with Gasteiger partial charge in [-0.1, -0.05) is 95.4 Å². The number of benzene rings is 4. The minimum absolute atomic E-state index is 0.0904. The molecule has 5 aromatic rings. The Balaban J connectivity index is 1.26. The lowest BCUT2D eigenvalue weighted by Gasteiger charge is -2.23. The number of nitrogens with zero attached hydrogens (tertiary/aromatic N) is 3. The van der Waals surface area contributed by atoms with Crippen LogP contribution in [0.1, 0.15) is 28.3 Å². The molecule has 12 heteroatoms. The van der Waals surface area contributed by atoms with Crippen molar-refractivity contribution < 1.29 is 28.9 Å². The van der Waals surface area contributed by atoms with Crippen LogP contribution in [-0.4, -0.2) is 40.2 Å². The molecule has 0 unspecified atom stereocenters. The average Bonchev–Trinajstić information content (AvgIpc) is 3.68. The molecule has 0 radical (unpaired) electrons. The van der Waals surface area contributed by atoms with Crippen molar-refractivity contribution >= 4 is 57.3 Å². The molecule has 3 heterocycles. The number of hydrogen-bond acceptors (Lipinski definition) is 10. The number of fused-ring (bicyclic) bond motifs is 1. The lowest BCUT2D eigenvalue weighted by atomic mass is 9.95. The van der Waals surface area contributed by atoms with Crippen LogP contribution in [-0.2, 0) is 21.9 Å². The maximum absolute atomic E-state index is 13.8. The lowest BCUT2D eigenvalue weighted by molar-refractivity contribution is -0.132. The third-order valence-electron chi connectivity index (χ3n) is 7.59. The van der Waals surface area contributed by atoms with E-state index in [4.69, 9.17) is 25.8 Å². The molecule has 0 aliphatic carbocycles. The first-order chi connectivity index (χ1) is 23.0. The van der Waals surface area contributed by atoms with E-state index in [1.165, 1.54) is 28.0 Å². The maximum Gasteiger partial charge on any atom is 0.301 e. The second kappa shape index (κ2) is 13.5. The van der Waals surface area contributed by atoms with E-state index in [1.54, 1.807) is 42.5 Å². The van der Waals surface area contributed by atoms with E-state index in [0.717, 1.165) is 11.1 Å². The summed E-state index contributed by atoms with van der Waals surface area (Å²) in [5.74, 6) is 0.0183. The van der Waals surface area contributed by atoms with Crippen LogP contribution in [0.15, 0.2) is 107 Å². The SMILES string of the molecule is O=C1C(=O)N(c2nnc(SCc3ccccc3Cl)s2)[C@@H](c2cccc(OCc3ccccc3)c2)C1=C(O)c1ccc2c(c1)OCCO2. The third-order valence-corrected chi connectivity index (χ3v) is 10.1. The Morgan fingerprint density at radius 1 is 0.936 bits per heavy atom. The minimum Gasteiger partial charge on any atom is -0.507 e. The van der Waals surface area contributed by atoms with Crippen molar-refractivity contribution in [2.24, 2.45) is 0 Å². The number of aliphatic hydroxyl groups excluding tert-OH is 1. The summed E-state index contributed by atoms with van der Waals surface area (Å²) in [6.07, 6.45) is 0. The minimum atomic E-state index is -1.02. The molecule has 1 amide bonds. The highest BCUT2D eigenvalue weighted by Crippen LogP contribution is 2.45. The highest BCUT2D eigenvalue weighted by molar-refractivity contribution is 8.00. The van der Waals surface area contributed by atoms with Crippen molar-refractivity contribution in [2.45, 2.75) is 22.7 Å². The highest BCUT2D eigenvalue weighted by atomic mass is 35.5. The number of amides is 1. The van der Waals surface area contributed by atoms with Crippen molar-refractivity contribution in [2.75, 3.05) is 18.1 Å². The molecule has 0 bridgehead atoms. The van der Waals surface area contributed by atoms with Gasteiger partial charge in [0, 0.05) is 16.3 Å². The van der Waals surface area contributed by atoms with Crippen LogP contribution < -0.4 is 19.1 Å². The molecule has 1 atom stereocenters. The molecule has 7 rings (SSSR count). The van der Waals surface area contributed by atoms with Gasteiger partial charge in [-0.3, -0.25) is 14.5 Å². The van der Waals surface area contributed by atoms with Gasteiger partial charge >= 0.3 is 5.91 Å². The van der Waals surface area contributed by atoms with Gasteiger partial charge in [-0.2, -0.15) is 0 Å². The second-order valence-corrected chi connectivity index (χ2v) is 13.2. The fourth-order valence-electron chi connectivity index (χ4n) is 5.32. The molecule has 2 aliphatic rings. The number of carbonyl (C=O) groups excluding carboxylic acids is 2. The highest BCUT2D eigenvalue weighted by Gasteiger charge is 2.48. The van der Waals surface area contributed by atoms with E-state index in [-0.39, 0.29) is 16.5 Å². The lowest BCUT2D eigenvalue weighted by Crippen LogP contribution is -2.29. The Kier molecular flexibility index (Phi) is 8.84. The number of aromatic nitrogens is 2. The van der Waals surface area contributed by atoms with Gasteiger partial charge in [0.2, 0.25) is 5.13 Å². The van der Waals surface area contributed by atoms with E-state index >= 15 is 0 Å². The van der Waals surface area contributed by atoms with Crippen molar-refractivity contribution in [1.29, 1.82) is 0 Å². The summed E-state index contributed by atoms with van der Waals surface area (Å²) in [6.45, 7) is 1.09. The fourth-order valence-corrected chi connectivity index (χ4v) is 7.47. The topological polar surface area (TPSA) is 111 Å². The average molecular weight is 684 g/mol. The fraction of sp³-hybridized carbons (Fsp3) is 0.143. The number of rotatable bonds is 9. The number of anilines is 1. The quantitative estimate of drug-likeness (QED) is 0.0556. The standard InChI is InChI=1S/C35H26ClN3O6S2/c36-26-12-5-4-9-24(26)20-46-35-38-37-34(47-35)39-30(22-10-6-11-25(17-22)45-19-21-7-2-1-3-8-21)29(32(41)33(39)42)31(40)23-13-14-27-28(18-23)44-16-15-43-27/h1-14,17-18,30,40H,15-16,19-20H2/t30-/m0/s1. The predicted molar refractivity (Wildman–Crippen MR) is 180 cm³/mol. The molecule has 0 saturated carbocycles. The van der Waals surface area contributed by atoms with Crippen LogP contribution in [0.2, 0.25) is 5.02 Å². The maximum atomic E-state index is 13.8. The number of carbonyl (C=O) groups is 2. The number of aliphatic hydroxyl groups is 1. The summed E-state index contributed by atoms with van der Waals surface area (Å²) < 4.78 is 18.0. The zero-order chi connectivity index (χ0) is 32.3. The Bertz CT molecular complexity index is 2000. The first-order valence-electron chi connectivity index (χ1n) is 14.6.